The van der Waals surface area contributed by atoms with Crippen molar-refractivity contribution in [3.63, 3.8) is 0 Å². The van der Waals surface area contributed by atoms with E-state index in [0.29, 0.717) is 5.92 Å². The van der Waals surface area contributed by atoms with E-state index in [4.69, 9.17) is 0 Å². The largest absolute Gasteiger partial charge is 0.396 e. The monoisotopic (exact) mass is 291 g/mol. The van der Waals surface area contributed by atoms with Gasteiger partial charge in [0.1, 0.15) is 5.82 Å². The minimum atomic E-state index is -0.431. The molecule has 0 atom stereocenters. The summed E-state index contributed by atoms with van der Waals surface area (Å²) in [6.45, 7) is 1.67. The van der Waals surface area contributed by atoms with Crippen molar-refractivity contribution < 1.29 is 14.3 Å². The van der Waals surface area contributed by atoms with Crippen LogP contribution in [-0.2, 0) is 10.2 Å². The molecule has 1 aliphatic heterocycles. The SMILES string of the molecule is O=C(N1CCC(CO)CC1)C1(c2ccc(F)cc2)CCC1. The number of piperidine rings is 1. The zero-order valence-electron chi connectivity index (χ0n) is 12.2. The van der Waals surface area contributed by atoms with Crippen molar-refractivity contribution in [3.8, 4) is 0 Å². The number of likely N-dealkylation sites (tertiary alicyclic amines) is 1. The smallest absolute Gasteiger partial charge is 0.233 e. The lowest BCUT2D eigenvalue weighted by atomic mass is 9.63. The maximum Gasteiger partial charge on any atom is 0.233 e. The number of aliphatic hydroxyl groups is 1. The van der Waals surface area contributed by atoms with Crippen molar-refractivity contribution in [1.82, 2.24) is 4.90 Å². The average Bonchev–Trinajstić information content (AvgIpc) is 2.48. The maximum atomic E-state index is 13.1. The van der Waals surface area contributed by atoms with Gasteiger partial charge in [-0.15, -0.1) is 0 Å². The Bertz CT molecular complexity index is 502. The third-order valence-electron chi connectivity index (χ3n) is 5.17. The predicted octanol–water partition coefficient (Wildman–Crippen LogP) is 2.48. The number of nitrogens with zero attached hydrogens (tertiary/aromatic N) is 1. The van der Waals surface area contributed by atoms with Gasteiger partial charge in [0, 0.05) is 19.7 Å². The molecule has 0 radical (unpaired) electrons. The van der Waals surface area contributed by atoms with E-state index < -0.39 is 5.41 Å². The number of carbonyl (C=O) groups is 1. The Balaban J connectivity index is 1.77. The van der Waals surface area contributed by atoms with E-state index in [1.807, 2.05) is 4.90 Å². The Hall–Kier alpha value is -1.42. The number of benzene rings is 1. The second kappa shape index (κ2) is 5.76. The molecule has 1 aromatic rings. The Labute approximate surface area is 124 Å². The minimum Gasteiger partial charge on any atom is -0.396 e. The number of rotatable bonds is 3. The fourth-order valence-electron chi connectivity index (χ4n) is 3.55. The molecule has 1 aliphatic carbocycles. The van der Waals surface area contributed by atoms with E-state index in [1.165, 1.54) is 12.1 Å². The number of carbonyl (C=O) groups excluding carboxylic acids is 1. The van der Waals surface area contributed by atoms with Crippen LogP contribution in [-0.4, -0.2) is 35.6 Å². The van der Waals surface area contributed by atoms with Gasteiger partial charge in [-0.3, -0.25) is 4.79 Å². The molecular formula is C17H22FNO2. The lowest BCUT2D eigenvalue weighted by Crippen LogP contribution is -2.53. The first-order valence-corrected chi connectivity index (χ1v) is 7.82. The first-order chi connectivity index (χ1) is 10.2. The van der Waals surface area contributed by atoms with Gasteiger partial charge in [0.15, 0.2) is 0 Å². The topological polar surface area (TPSA) is 40.5 Å². The summed E-state index contributed by atoms with van der Waals surface area (Å²) in [6, 6.07) is 6.40. The molecule has 0 unspecified atom stereocenters. The molecular weight excluding hydrogens is 269 g/mol. The molecule has 1 heterocycles. The molecule has 0 aromatic heterocycles. The highest BCUT2D eigenvalue weighted by molar-refractivity contribution is 5.89. The second-order valence-electron chi connectivity index (χ2n) is 6.36. The first-order valence-electron chi connectivity index (χ1n) is 7.82. The summed E-state index contributed by atoms with van der Waals surface area (Å²) in [5.74, 6) is 0.262. The molecule has 3 nitrogen and oxygen atoms in total. The zero-order valence-corrected chi connectivity index (χ0v) is 12.2. The summed E-state index contributed by atoms with van der Waals surface area (Å²) in [4.78, 5) is 14.9. The van der Waals surface area contributed by atoms with Crippen LogP contribution in [0.2, 0.25) is 0 Å². The zero-order chi connectivity index (χ0) is 14.9. The summed E-state index contributed by atoms with van der Waals surface area (Å²) < 4.78 is 13.1. The standard InChI is InChI=1S/C17H22FNO2/c18-15-4-2-14(3-5-15)17(8-1-9-17)16(21)19-10-6-13(12-20)7-11-19/h2-5,13,20H,1,6-12H2. The normalized spacial score (nSPS) is 21.9. The molecule has 0 bridgehead atoms. The molecule has 21 heavy (non-hydrogen) atoms. The van der Waals surface area contributed by atoms with Crippen molar-refractivity contribution in [3.05, 3.63) is 35.6 Å². The van der Waals surface area contributed by atoms with E-state index in [-0.39, 0.29) is 18.3 Å². The predicted molar refractivity (Wildman–Crippen MR) is 78.3 cm³/mol. The quantitative estimate of drug-likeness (QED) is 0.929. The van der Waals surface area contributed by atoms with Crippen molar-refractivity contribution in [2.45, 2.75) is 37.5 Å². The van der Waals surface area contributed by atoms with Crippen molar-refractivity contribution in [2.75, 3.05) is 19.7 Å². The Morgan fingerprint density at radius 3 is 2.33 bits per heavy atom. The number of hydrogen-bond acceptors (Lipinski definition) is 2. The Kier molecular flexibility index (Phi) is 3.98. The summed E-state index contributed by atoms with van der Waals surface area (Å²) in [6.07, 6.45) is 4.52. The fourth-order valence-corrected chi connectivity index (χ4v) is 3.55. The number of aliphatic hydroxyl groups excluding tert-OH is 1. The Morgan fingerprint density at radius 1 is 1.24 bits per heavy atom. The van der Waals surface area contributed by atoms with Gasteiger partial charge in [0.2, 0.25) is 5.91 Å². The first kappa shape index (κ1) is 14.5. The molecule has 2 aliphatic rings. The van der Waals surface area contributed by atoms with Crippen LogP contribution in [0.25, 0.3) is 0 Å². The molecule has 2 fully saturated rings. The third kappa shape index (κ3) is 2.57. The van der Waals surface area contributed by atoms with Gasteiger partial charge in [0.05, 0.1) is 5.41 Å². The lowest BCUT2D eigenvalue weighted by Gasteiger charge is -2.45. The van der Waals surface area contributed by atoms with E-state index in [9.17, 15) is 14.3 Å². The van der Waals surface area contributed by atoms with Crippen LogP contribution in [0.3, 0.4) is 0 Å². The summed E-state index contributed by atoms with van der Waals surface area (Å²) in [5, 5.41) is 9.20. The van der Waals surface area contributed by atoms with Crippen LogP contribution in [0.5, 0.6) is 0 Å². The summed E-state index contributed by atoms with van der Waals surface area (Å²) in [7, 11) is 0. The van der Waals surface area contributed by atoms with Crippen LogP contribution in [0.1, 0.15) is 37.7 Å². The van der Waals surface area contributed by atoms with Gasteiger partial charge in [-0.05, 0) is 49.3 Å². The van der Waals surface area contributed by atoms with Gasteiger partial charge in [-0.25, -0.2) is 4.39 Å². The highest BCUT2D eigenvalue weighted by Crippen LogP contribution is 2.45. The second-order valence-corrected chi connectivity index (χ2v) is 6.36. The fraction of sp³-hybridized carbons (Fsp3) is 0.588. The van der Waals surface area contributed by atoms with Gasteiger partial charge < -0.3 is 10.0 Å². The maximum absolute atomic E-state index is 13.1. The van der Waals surface area contributed by atoms with E-state index in [2.05, 4.69) is 0 Å². The van der Waals surface area contributed by atoms with Gasteiger partial charge in [0.25, 0.3) is 0 Å². The molecule has 1 N–H and O–H groups in total. The molecule has 0 spiro atoms. The van der Waals surface area contributed by atoms with E-state index in [0.717, 1.165) is 50.8 Å². The van der Waals surface area contributed by atoms with Crippen molar-refractivity contribution in [2.24, 2.45) is 5.92 Å². The van der Waals surface area contributed by atoms with Gasteiger partial charge in [-0.2, -0.15) is 0 Å². The van der Waals surface area contributed by atoms with Crippen molar-refractivity contribution >= 4 is 5.91 Å². The highest BCUT2D eigenvalue weighted by Gasteiger charge is 2.47. The van der Waals surface area contributed by atoms with Gasteiger partial charge in [-0.1, -0.05) is 18.6 Å². The van der Waals surface area contributed by atoms with Crippen LogP contribution < -0.4 is 0 Å². The molecule has 3 rings (SSSR count). The molecule has 1 amide bonds. The summed E-state index contributed by atoms with van der Waals surface area (Å²) >= 11 is 0. The molecule has 1 saturated carbocycles. The van der Waals surface area contributed by atoms with E-state index >= 15 is 0 Å². The molecule has 1 saturated heterocycles. The number of amides is 1. The van der Waals surface area contributed by atoms with E-state index in [1.54, 1.807) is 12.1 Å². The van der Waals surface area contributed by atoms with Crippen LogP contribution in [0.4, 0.5) is 4.39 Å². The third-order valence-corrected chi connectivity index (χ3v) is 5.17. The highest BCUT2D eigenvalue weighted by atomic mass is 19.1. The van der Waals surface area contributed by atoms with Crippen LogP contribution in [0, 0.1) is 11.7 Å². The lowest BCUT2D eigenvalue weighted by molar-refractivity contribution is -0.142. The van der Waals surface area contributed by atoms with Crippen molar-refractivity contribution in [1.29, 1.82) is 0 Å². The number of halogens is 1. The van der Waals surface area contributed by atoms with Crippen LogP contribution >= 0.6 is 0 Å². The Morgan fingerprint density at radius 2 is 1.86 bits per heavy atom. The molecule has 1 aromatic carbocycles. The minimum absolute atomic E-state index is 0.191. The summed E-state index contributed by atoms with van der Waals surface area (Å²) in [5.41, 5.74) is 0.518. The average molecular weight is 291 g/mol. The molecule has 4 heteroatoms. The number of hydrogen-bond donors (Lipinski definition) is 1. The van der Waals surface area contributed by atoms with Gasteiger partial charge >= 0.3 is 0 Å². The molecule has 114 valence electrons. The van der Waals surface area contributed by atoms with Crippen LogP contribution in [0.15, 0.2) is 24.3 Å².